The van der Waals surface area contributed by atoms with Gasteiger partial charge in [-0.2, -0.15) is 10.2 Å². The number of likely N-dealkylation sites (N-methyl/N-ethyl adjacent to an activating group) is 1. The number of benzene rings is 2. The molecule has 3 aliphatic rings. The molecule has 0 N–H and O–H groups in total. The fourth-order valence-electron chi connectivity index (χ4n) is 4.93. The molecule has 3 aromatic rings. The zero-order valence-corrected chi connectivity index (χ0v) is 18.3. The summed E-state index contributed by atoms with van der Waals surface area (Å²) in [5.41, 5.74) is 2.79. The third kappa shape index (κ3) is 2.26. The SMILES string of the molecule is CCN1C(=O)C2(c3ccccc31)c1c(C)nn(-c3ccccc3)c1N=C1C=CC(Cl)=NN12. The standard InChI is InChI=1S/C24H19ClN6O/c1-3-29-18-12-8-7-11-17(18)24(23(29)32)21-15(2)27-30(16-9-5-4-6-10-16)22(21)26-20-14-13-19(25)28-31(20)24/h4-14H,3H2,1-2H3. The topological polar surface area (TPSA) is 66.1 Å². The monoisotopic (exact) mass is 442 g/mol. The van der Waals surface area contributed by atoms with Gasteiger partial charge < -0.3 is 4.90 Å². The molecule has 1 spiro atoms. The van der Waals surface area contributed by atoms with Gasteiger partial charge in [0.1, 0.15) is 5.17 Å². The van der Waals surface area contributed by atoms with Gasteiger partial charge in [0.2, 0.25) is 5.54 Å². The number of hydrogen-bond acceptors (Lipinski definition) is 5. The number of hydrazone groups is 1. The summed E-state index contributed by atoms with van der Waals surface area (Å²) in [4.78, 5) is 20.9. The smallest absolute Gasteiger partial charge is 0.264 e. The van der Waals surface area contributed by atoms with Gasteiger partial charge in [0, 0.05) is 12.1 Å². The maximum absolute atomic E-state index is 14.2. The van der Waals surface area contributed by atoms with E-state index in [4.69, 9.17) is 21.7 Å². The highest BCUT2D eigenvalue weighted by atomic mass is 35.5. The lowest BCUT2D eigenvalue weighted by molar-refractivity contribution is -0.125. The van der Waals surface area contributed by atoms with Crippen LogP contribution in [0, 0.1) is 6.92 Å². The van der Waals surface area contributed by atoms with E-state index in [0.29, 0.717) is 29.1 Å². The van der Waals surface area contributed by atoms with Crippen LogP contribution in [0.15, 0.2) is 76.8 Å². The van der Waals surface area contributed by atoms with Gasteiger partial charge in [-0.1, -0.05) is 48.0 Å². The van der Waals surface area contributed by atoms with Gasteiger partial charge >= 0.3 is 0 Å². The van der Waals surface area contributed by atoms with Crippen LogP contribution in [0.2, 0.25) is 0 Å². The second-order valence-corrected chi connectivity index (χ2v) is 8.23. The van der Waals surface area contributed by atoms with Crippen molar-refractivity contribution in [2.24, 2.45) is 10.1 Å². The Morgan fingerprint density at radius 1 is 1.03 bits per heavy atom. The first-order chi connectivity index (χ1) is 15.6. The minimum absolute atomic E-state index is 0.0888. The Balaban J connectivity index is 1.74. The van der Waals surface area contributed by atoms with E-state index < -0.39 is 5.54 Å². The average Bonchev–Trinajstić information content (AvgIpc) is 3.27. The molecule has 1 unspecified atom stereocenters. The molecular weight excluding hydrogens is 424 g/mol. The summed E-state index contributed by atoms with van der Waals surface area (Å²) < 4.78 is 1.80. The van der Waals surface area contributed by atoms with Crippen molar-refractivity contribution in [2.45, 2.75) is 19.4 Å². The Labute approximate surface area is 189 Å². The van der Waals surface area contributed by atoms with Crippen molar-refractivity contribution in [1.29, 1.82) is 0 Å². The molecule has 1 aromatic heterocycles. The van der Waals surface area contributed by atoms with Gasteiger partial charge in [-0.25, -0.2) is 14.7 Å². The van der Waals surface area contributed by atoms with Crippen molar-refractivity contribution in [1.82, 2.24) is 14.8 Å². The summed E-state index contributed by atoms with van der Waals surface area (Å²) in [5.74, 6) is 1.08. The number of halogens is 1. The first-order valence-corrected chi connectivity index (χ1v) is 10.8. The van der Waals surface area contributed by atoms with Gasteiger partial charge in [-0.3, -0.25) is 4.79 Å². The summed E-state index contributed by atoms with van der Waals surface area (Å²) in [7, 11) is 0. The zero-order chi connectivity index (χ0) is 22.0. The molecule has 158 valence electrons. The van der Waals surface area contributed by atoms with Crippen LogP contribution >= 0.6 is 11.6 Å². The fourth-order valence-corrected chi connectivity index (χ4v) is 5.06. The number of carbonyl (C=O) groups is 1. The summed E-state index contributed by atoms with van der Waals surface area (Å²) in [6.07, 6.45) is 3.48. The summed E-state index contributed by atoms with van der Waals surface area (Å²) >= 11 is 6.33. The molecule has 0 bridgehead atoms. The first kappa shape index (κ1) is 19.0. The van der Waals surface area contributed by atoms with E-state index in [9.17, 15) is 4.79 Å². The number of aromatic nitrogens is 2. The molecule has 0 fully saturated rings. The molecule has 2 aromatic carbocycles. The quantitative estimate of drug-likeness (QED) is 0.595. The van der Waals surface area contributed by atoms with Crippen LogP contribution in [0.1, 0.15) is 23.7 Å². The lowest BCUT2D eigenvalue weighted by Gasteiger charge is -2.41. The van der Waals surface area contributed by atoms with Crippen molar-refractivity contribution in [2.75, 3.05) is 11.4 Å². The van der Waals surface area contributed by atoms with E-state index in [1.807, 2.05) is 68.4 Å². The largest absolute Gasteiger partial charge is 0.310 e. The van der Waals surface area contributed by atoms with Crippen molar-refractivity contribution in [3.63, 3.8) is 0 Å². The lowest BCUT2D eigenvalue weighted by atomic mass is 9.81. The average molecular weight is 443 g/mol. The van der Waals surface area contributed by atoms with Crippen LogP contribution in [-0.2, 0) is 10.3 Å². The van der Waals surface area contributed by atoms with E-state index in [1.165, 1.54) is 0 Å². The van der Waals surface area contributed by atoms with Crippen molar-refractivity contribution in [3.05, 3.63) is 83.6 Å². The van der Waals surface area contributed by atoms with Crippen LogP contribution in [0.25, 0.3) is 5.69 Å². The molecule has 3 aliphatic heterocycles. The van der Waals surface area contributed by atoms with Crippen molar-refractivity contribution >= 4 is 40.0 Å². The maximum atomic E-state index is 14.2. The minimum Gasteiger partial charge on any atom is -0.310 e. The second-order valence-electron chi connectivity index (χ2n) is 7.85. The third-order valence-corrected chi connectivity index (χ3v) is 6.38. The Morgan fingerprint density at radius 2 is 1.78 bits per heavy atom. The fraction of sp³-hybridized carbons (Fsp3) is 0.167. The Hall–Kier alpha value is -3.71. The summed E-state index contributed by atoms with van der Waals surface area (Å²) in [6.45, 7) is 4.42. The molecule has 0 saturated carbocycles. The molecule has 0 radical (unpaired) electrons. The van der Waals surface area contributed by atoms with Gasteiger partial charge in [-0.15, -0.1) is 0 Å². The van der Waals surface area contributed by atoms with Crippen LogP contribution < -0.4 is 4.90 Å². The number of anilines is 1. The Kier molecular flexibility index (Phi) is 3.95. The van der Waals surface area contributed by atoms with E-state index in [1.54, 1.807) is 26.7 Å². The predicted octanol–water partition coefficient (Wildman–Crippen LogP) is 4.26. The van der Waals surface area contributed by atoms with Crippen molar-refractivity contribution in [3.8, 4) is 5.69 Å². The molecule has 7 nitrogen and oxygen atoms in total. The molecule has 0 aliphatic carbocycles. The normalized spacial score (nSPS) is 20.8. The lowest BCUT2D eigenvalue weighted by Crippen LogP contribution is -2.56. The number of rotatable bonds is 2. The summed E-state index contributed by atoms with van der Waals surface area (Å²) in [5, 5.41) is 11.4. The number of carbonyl (C=O) groups excluding carboxylic acids is 1. The van der Waals surface area contributed by atoms with Gasteiger partial charge in [-0.05, 0) is 44.2 Å². The number of allylic oxidation sites excluding steroid dienone is 1. The molecular formula is C24H19ClN6O. The summed E-state index contributed by atoms with van der Waals surface area (Å²) in [6, 6.07) is 17.7. The molecule has 32 heavy (non-hydrogen) atoms. The number of nitrogens with zero attached hydrogens (tertiary/aromatic N) is 6. The van der Waals surface area contributed by atoms with Crippen LogP contribution in [-0.4, -0.2) is 38.2 Å². The highest BCUT2D eigenvalue weighted by Crippen LogP contribution is 2.54. The van der Waals surface area contributed by atoms with E-state index in [2.05, 4.69) is 5.10 Å². The minimum atomic E-state index is -1.24. The molecule has 6 rings (SSSR count). The molecule has 8 heteroatoms. The third-order valence-electron chi connectivity index (χ3n) is 6.17. The number of fused-ring (bicyclic) bond motifs is 6. The Morgan fingerprint density at radius 3 is 2.56 bits per heavy atom. The van der Waals surface area contributed by atoms with Crippen LogP contribution in [0.4, 0.5) is 11.5 Å². The highest BCUT2D eigenvalue weighted by Gasteiger charge is 2.61. The van der Waals surface area contributed by atoms with E-state index in [-0.39, 0.29) is 5.91 Å². The zero-order valence-electron chi connectivity index (χ0n) is 17.5. The van der Waals surface area contributed by atoms with Crippen LogP contribution in [0.3, 0.4) is 0 Å². The molecule has 0 saturated heterocycles. The number of aliphatic imine (C=N–C) groups is 1. The highest BCUT2D eigenvalue weighted by molar-refractivity contribution is 6.68. The first-order valence-electron chi connectivity index (χ1n) is 10.5. The number of hydrogen-bond donors (Lipinski definition) is 0. The Bertz CT molecular complexity index is 1370. The predicted molar refractivity (Wildman–Crippen MR) is 125 cm³/mol. The van der Waals surface area contributed by atoms with E-state index >= 15 is 0 Å². The number of para-hydroxylation sites is 2. The molecule has 1 amide bonds. The van der Waals surface area contributed by atoms with E-state index in [0.717, 1.165) is 22.5 Å². The van der Waals surface area contributed by atoms with Gasteiger partial charge in [0.05, 0.1) is 22.6 Å². The number of aryl methyl sites for hydroxylation is 1. The maximum Gasteiger partial charge on any atom is 0.264 e. The van der Waals surface area contributed by atoms with Crippen molar-refractivity contribution < 1.29 is 4.79 Å². The number of amides is 1. The number of amidine groups is 1. The molecule has 1 atom stereocenters. The van der Waals surface area contributed by atoms with Gasteiger partial charge in [0.15, 0.2) is 11.7 Å². The van der Waals surface area contributed by atoms with Gasteiger partial charge in [0.25, 0.3) is 5.91 Å². The second kappa shape index (κ2) is 6.64. The van der Waals surface area contributed by atoms with Crippen LogP contribution in [0.5, 0.6) is 0 Å². The molecule has 4 heterocycles.